The molecule has 0 unspecified atom stereocenters. The highest BCUT2D eigenvalue weighted by Crippen LogP contribution is 2.24. The lowest BCUT2D eigenvalue weighted by atomic mass is 10.2. The predicted molar refractivity (Wildman–Crippen MR) is 114 cm³/mol. The third-order valence-corrected chi connectivity index (χ3v) is 5.96. The summed E-state index contributed by atoms with van der Waals surface area (Å²) >= 11 is 1.21. The molecule has 31 heavy (non-hydrogen) atoms. The van der Waals surface area contributed by atoms with Gasteiger partial charge in [-0.2, -0.15) is 4.99 Å². The number of ether oxygens (including phenoxy) is 1. The zero-order chi connectivity index (χ0) is 22.0. The van der Waals surface area contributed by atoms with Gasteiger partial charge in [-0.15, -0.1) is 0 Å². The van der Waals surface area contributed by atoms with Gasteiger partial charge < -0.3 is 9.30 Å². The lowest BCUT2D eigenvalue weighted by molar-refractivity contribution is -0.121. The van der Waals surface area contributed by atoms with Gasteiger partial charge >= 0.3 is 0 Å². The second kappa shape index (κ2) is 8.91. The average Bonchev–Trinajstić information content (AvgIpc) is 3.28. The zero-order valence-electron chi connectivity index (χ0n) is 16.8. The van der Waals surface area contributed by atoms with Gasteiger partial charge in [0.1, 0.15) is 5.82 Å². The molecule has 1 aliphatic rings. The summed E-state index contributed by atoms with van der Waals surface area (Å²) in [6.45, 7) is 3.09. The second-order valence-corrected chi connectivity index (χ2v) is 7.92. The highest BCUT2D eigenvalue weighted by Gasteiger charge is 2.30. The van der Waals surface area contributed by atoms with E-state index in [9.17, 15) is 18.8 Å². The molecular weight excluding hydrogens is 421 g/mol. The first-order chi connectivity index (χ1) is 15.0. The quantitative estimate of drug-likeness (QED) is 0.434. The summed E-state index contributed by atoms with van der Waals surface area (Å²) in [5.74, 6) is -1.52. The van der Waals surface area contributed by atoms with E-state index in [-0.39, 0.29) is 30.2 Å². The molecule has 9 heteroatoms. The first kappa shape index (κ1) is 21.1. The van der Waals surface area contributed by atoms with Gasteiger partial charge in [0.25, 0.3) is 5.91 Å². The molecule has 0 bridgehead atoms. The van der Waals surface area contributed by atoms with Crippen LogP contribution in [0.5, 0.6) is 0 Å². The minimum atomic E-state index is -0.543. The van der Waals surface area contributed by atoms with Crippen molar-refractivity contribution in [3.05, 3.63) is 58.6 Å². The fraction of sp³-hybridized carbons (Fsp3) is 0.273. The van der Waals surface area contributed by atoms with E-state index >= 15 is 0 Å². The number of imide groups is 1. The Morgan fingerprint density at radius 3 is 2.65 bits per heavy atom. The van der Waals surface area contributed by atoms with Crippen molar-refractivity contribution in [2.75, 3.05) is 18.1 Å². The number of amides is 3. The van der Waals surface area contributed by atoms with Crippen LogP contribution in [0.2, 0.25) is 0 Å². The average molecular weight is 441 g/mol. The minimum Gasteiger partial charge on any atom is -0.380 e. The van der Waals surface area contributed by atoms with E-state index in [4.69, 9.17) is 4.74 Å². The molecule has 0 N–H and O–H groups in total. The third-order valence-electron chi connectivity index (χ3n) is 4.92. The van der Waals surface area contributed by atoms with Gasteiger partial charge in [0.15, 0.2) is 4.80 Å². The number of anilines is 1. The van der Waals surface area contributed by atoms with Crippen LogP contribution < -0.4 is 9.70 Å². The van der Waals surface area contributed by atoms with E-state index in [1.54, 1.807) is 34.9 Å². The van der Waals surface area contributed by atoms with Crippen LogP contribution in [-0.4, -0.2) is 35.5 Å². The predicted octanol–water partition coefficient (Wildman–Crippen LogP) is 3.27. The first-order valence-electron chi connectivity index (χ1n) is 9.90. The van der Waals surface area contributed by atoms with E-state index in [0.717, 1.165) is 4.90 Å². The van der Waals surface area contributed by atoms with Crippen molar-refractivity contribution >= 4 is 45.0 Å². The van der Waals surface area contributed by atoms with Crippen molar-refractivity contribution in [3.63, 3.8) is 0 Å². The van der Waals surface area contributed by atoms with Gasteiger partial charge in [-0.05, 0) is 37.3 Å². The third kappa shape index (κ3) is 4.19. The van der Waals surface area contributed by atoms with E-state index in [2.05, 4.69) is 4.99 Å². The van der Waals surface area contributed by atoms with Gasteiger partial charge in [0.05, 0.1) is 22.5 Å². The number of nitrogens with zero attached hydrogens (tertiary/aromatic N) is 3. The Morgan fingerprint density at radius 1 is 1.16 bits per heavy atom. The Bertz CT molecular complexity index is 1230. The Labute approximate surface area is 181 Å². The molecule has 2 aromatic carbocycles. The molecule has 3 amide bonds. The maximum atomic E-state index is 14.5. The first-order valence-corrected chi connectivity index (χ1v) is 10.7. The molecule has 1 fully saturated rings. The fourth-order valence-corrected chi connectivity index (χ4v) is 4.54. The van der Waals surface area contributed by atoms with E-state index < -0.39 is 11.7 Å². The number of halogens is 1. The van der Waals surface area contributed by atoms with Crippen LogP contribution in [0.1, 0.15) is 30.1 Å². The number of benzene rings is 2. The number of fused-ring (bicyclic) bond motifs is 1. The summed E-state index contributed by atoms with van der Waals surface area (Å²) in [6.07, 6.45) is 0.323. The summed E-state index contributed by atoms with van der Waals surface area (Å²) in [7, 11) is 0. The number of para-hydroxylation sites is 1. The fourth-order valence-electron chi connectivity index (χ4n) is 3.47. The zero-order valence-corrected chi connectivity index (χ0v) is 17.7. The number of thiazole rings is 1. The molecule has 4 rings (SSSR count). The van der Waals surface area contributed by atoms with Crippen molar-refractivity contribution in [1.82, 2.24) is 4.57 Å². The van der Waals surface area contributed by atoms with Crippen LogP contribution >= 0.6 is 11.3 Å². The number of aromatic nitrogens is 1. The van der Waals surface area contributed by atoms with Crippen molar-refractivity contribution in [1.29, 1.82) is 0 Å². The lowest BCUT2D eigenvalue weighted by Crippen LogP contribution is -2.28. The molecule has 2 heterocycles. The molecular formula is C22H20FN3O4S. The van der Waals surface area contributed by atoms with Crippen LogP contribution in [0.25, 0.3) is 10.2 Å². The molecule has 7 nitrogen and oxygen atoms in total. The van der Waals surface area contributed by atoms with Gasteiger partial charge in [-0.25, -0.2) is 4.39 Å². The summed E-state index contributed by atoms with van der Waals surface area (Å²) in [5.41, 5.74) is 0.959. The second-order valence-electron chi connectivity index (χ2n) is 6.91. The monoisotopic (exact) mass is 441 g/mol. The number of hydrogen-bond acceptors (Lipinski definition) is 5. The summed E-state index contributed by atoms with van der Waals surface area (Å²) < 4.78 is 22.2. The number of rotatable bonds is 6. The van der Waals surface area contributed by atoms with Crippen LogP contribution in [0.15, 0.2) is 47.5 Å². The molecule has 0 saturated carbocycles. The summed E-state index contributed by atoms with van der Waals surface area (Å²) in [5, 5.41) is 0. The topological polar surface area (TPSA) is 81.0 Å². The van der Waals surface area contributed by atoms with Crippen molar-refractivity contribution in [3.8, 4) is 0 Å². The smallest absolute Gasteiger partial charge is 0.279 e. The SMILES string of the molecule is CCOCCn1c(=NC(=O)c2cccc(N3C(=O)CCC3=O)c2)sc2cccc(F)c21. The Balaban J connectivity index is 1.73. The van der Waals surface area contributed by atoms with E-state index in [0.29, 0.717) is 40.5 Å². The summed E-state index contributed by atoms with van der Waals surface area (Å²) in [6, 6.07) is 11.0. The molecule has 1 aliphatic heterocycles. The molecule has 0 spiro atoms. The minimum absolute atomic E-state index is 0.161. The van der Waals surface area contributed by atoms with Crippen molar-refractivity contribution in [2.45, 2.75) is 26.3 Å². The molecule has 160 valence electrons. The van der Waals surface area contributed by atoms with Gasteiger partial charge in [0.2, 0.25) is 11.8 Å². The molecule has 0 radical (unpaired) electrons. The highest BCUT2D eigenvalue weighted by molar-refractivity contribution is 7.16. The van der Waals surface area contributed by atoms with E-state index in [1.165, 1.54) is 23.5 Å². The summed E-state index contributed by atoms with van der Waals surface area (Å²) in [4.78, 5) is 42.6. The maximum absolute atomic E-state index is 14.5. The van der Waals surface area contributed by atoms with Crippen LogP contribution in [0, 0.1) is 5.82 Å². The van der Waals surface area contributed by atoms with Crippen LogP contribution in [0.4, 0.5) is 10.1 Å². The highest BCUT2D eigenvalue weighted by atomic mass is 32.1. The Morgan fingerprint density at radius 2 is 1.90 bits per heavy atom. The molecule has 0 atom stereocenters. The van der Waals surface area contributed by atoms with Crippen LogP contribution in [-0.2, 0) is 20.9 Å². The lowest BCUT2D eigenvalue weighted by Gasteiger charge is -2.14. The largest absolute Gasteiger partial charge is 0.380 e. The Hall–Kier alpha value is -3.17. The normalized spacial score (nSPS) is 14.8. The van der Waals surface area contributed by atoms with Crippen molar-refractivity contribution < 1.29 is 23.5 Å². The standard InChI is InChI=1S/C22H20FN3O4S/c1-2-30-12-11-25-20-16(23)7-4-8-17(20)31-22(25)24-21(29)14-5-3-6-15(13-14)26-18(27)9-10-19(26)28/h3-8,13H,2,9-12H2,1H3. The van der Waals surface area contributed by atoms with Crippen LogP contribution in [0.3, 0.4) is 0 Å². The molecule has 3 aromatic rings. The number of carbonyl (C=O) groups excluding carboxylic acids is 3. The Kier molecular flexibility index (Phi) is 6.06. The molecule has 0 aliphatic carbocycles. The number of carbonyl (C=O) groups is 3. The molecule has 1 saturated heterocycles. The van der Waals surface area contributed by atoms with E-state index in [1.807, 2.05) is 6.92 Å². The molecule has 1 aromatic heterocycles. The maximum Gasteiger partial charge on any atom is 0.279 e. The number of hydrogen-bond donors (Lipinski definition) is 0. The van der Waals surface area contributed by atoms with Gasteiger partial charge in [-0.1, -0.05) is 23.5 Å². The van der Waals surface area contributed by atoms with Crippen molar-refractivity contribution in [2.24, 2.45) is 4.99 Å². The van der Waals surface area contributed by atoms with Gasteiger partial charge in [-0.3, -0.25) is 19.3 Å². The van der Waals surface area contributed by atoms with Gasteiger partial charge in [0, 0.05) is 31.6 Å².